The van der Waals surface area contributed by atoms with Crippen molar-refractivity contribution < 1.29 is 23.7 Å². The second-order valence-electron chi connectivity index (χ2n) is 6.24. The van der Waals surface area contributed by atoms with Gasteiger partial charge in [0.05, 0.1) is 6.61 Å². The molecule has 3 saturated heterocycles. The Morgan fingerprint density at radius 2 is 1.90 bits per heavy atom. The molecule has 20 heavy (non-hydrogen) atoms. The van der Waals surface area contributed by atoms with E-state index in [9.17, 15) is 0 Å². The number of hydrogen-bond donors (Lipinski definition) is 1. The molecule has 0 unspecified atom stereocenters. The summed E-state index contributed by atoms with van der Waals surface area (Å²) in [4.78, 5) is 0. The number of fused-ring (bicyclic) bond motifs is 3. The smallest absolute Gasteiger partial charge is 0.201 e. The van der Waals surface area contributed by atoms with Crippen molar-refractivity contribution in [3.63, 3.8) is 0 Å². The summed E-state index contributed by atoms with van der Waals surface area (Å²) < 4.78 is 29.4. The van der Waals surface area contributed by atoms with Crippen molar-refractivity contribution in [3.8, 4) is 0 Å². The summed E-state index contributed by atoms with van der Waals surface area (Å²) in [6.07, 6.45) is -0.958. The van der Waals surface area contributed by atoms with Crippen molar-refractivity contribution in [2.24, 2.45) is 5.22 Å². The molecular formula is C12H20N3O5-. The Bertz CT molecular complexity index is 416. The van der Waals surface area contributed by atoms with E-state index in [-0.39, 0.29) is 18.8 Å². The third-order valence-corrected chi connectivity index (χ3v) is 3.67. The van der Waals surface area contributed by atoms with Gasteiger partial charge < -0.3 is 34.6 Å². The first-order valence-corrected chi connectivity index (χ1v) is 6.71. The molecule has 0 aromatic carbocycles. The van der Waals surface area contributed by atoms with Crippen LogP contribution in [0.3, 0.4) is 0 Å². The second kappa shape index (κ2) is 4.35. The van der Waals surface area contributed by atoms with Gasteiger partial charge in [-0.2, -0.15) is 0 Å². The van der Waals surface area contributed by atoms with E-state index in [1.54, 1.807) is 0 Å². The molecule has 3 aliphatic rings. The van der Waals surface area contributed by atoms with E-state index in [0.717, 1.165) is 0 Å². The van der Waals surface area contributed by atoms with Crippen LogP contribution < -0.4 is 5.43 Å². The predicted molar refractivity (Wildman–Crippen MR) is 66.3 cm³/mol. The molecule has 1 N–H and O–H groups in total. The molecule has 3 rings (SSSR count). The van der Waals surface area contributed by atoms with Gasteiger partial charge in [0.15, 0.2) is 11.6 Å². The first kappa shape index (κ1) is 14.2. The molecule has 0 aliphatic carbocycles. The maximum Gasteiger partial charge on any atom is 0.201 e. The van der Waals surface area contributed by atoms with Gasteiger partial charge in [0.25, 0.3) is 0 Å². The summed E-state index contributed by atoms with van der Waals surface area (Å²) >= 11 is 0. The largest absolute Gasteiger partial charge is 0.409 e. The van der Waals surface area contributed by atoms with Crippen LogP contribution in [-0.4, -0.2) is 48.8 Å². The van der Waals surface area contributed by atoms with E-state index in [4.69, 9.17) is 29.2 Å². The molecule has 3 aliphatic heterocycles. The van der Waals surface area contributed by atoms with Crippen LogP contribution in [0.2, 0.25) is 0 Å². The number of rotatable bonds is 3. The minimum Gasteiger partial charge on any atom is -0.409 e. The summed E-state index contributed by atoms with van der Waals surface area (Å²) in [5, 5.41) is 2.91. The van der Waals surface area contributed by atoms with E-state index >= 15 is 0 Å². The van der Waals surface area contributed by atoms with Gasteiger partial charge in [-0.15, -0.1) is 0 Å². The van der Waals surface area contributed by atoms with Crippen LogP contribution in [-0.2, 0) is 23.7 Å². The zero-order chi connectivity index (χ0) is 14.6. The van der Waals surface area contributed by atoms with Gasteiger partial charge in [-0.1, -0.05) is 0 Å². The Labute approximate surface area is 117 Å². The lowest BCUT2D eigenvalue weighted by atomic mass is 9.97. The first-order valence-electron chi connectivity index (χ1n) is 6.71. The normalized spacial score (nSPS) is 44.7. The molecule has 8 heteroatoms. The van der Waals surface area contributed by atoms with Crippen molar-refractivity contribution in [1.29, 1.82) is 0 Å². The summed E-state index contributed by atoms with van der Waals surface area (Å²) in [6.45, 7) is 7.82. The Morgan fingerprint density at radius 1 is 1.15 bits per heavy atom. The number of nitrogens with one attached hydrogen (secondary N) is 1. The van der Waals surface area contributed by atoms with E-state index in [1.807, 2.05) is 27.7 Å². The minimum atomic E-state index is -1.05. The molecular weight excluding hydrogens is 266 g/mol. The maximum absolute atomic E-state index is 8.62. The van der Waals surface area contributed by atoms with Gasteiger partial charge in [-0.3, -0.25) is 5.22 Å². The summed E-state index contributed by atoms with van der Waals surface area (Å²) in [5.74, 6) is -2.55. The highest BCUT2D eigenvalue weighted by molar-refractivity contribution is 5.03. The quantitative estimate of drug-likeness (QED) is 0.612. The molecule has 0 saturated carbocycles. The maximum atomic E-state index is 8.62. The Kier molecular flexibility index (Phi) is 3.07. The van der Waals surface area contributed by atoms with Crippen molar-refractivity contribution in [1.82, 2.24) is 5.43 Å². The van der Waals surface area contributed by atoms with Gasteiger partial charge in [-0.05, 0) is 27.7 Å². The average Bonchev–Trinajstić information content (AvgIpc) is 2.78. The van der Waals surface area contributed by atoms with Crippen LogP contribution in [0.25, 0.3) is 5.53 Å². The SMILES string of the molecule is CC1(C)O[C@@H]2[C@H](CO[C@]3(CNN=[N-])OC(C)(C)O[C@H]23)O1. The average molecular weight is 286 g/mol. The van der Waals surface area contributed by atoms with E-state index in [1.165, 1.54) is 0 Å². The topological polar surface area (TPSA) is 92.8 Å². The van der Waals surface area contributed by atoms with Crippen molar-refractivity contribution >= 4 is 0 Å². The van der Waals surface area contributed by atoms with Gasteiger partial charge in [0.2, 0.25) is 5.79 Å². The molecule has 0 amide bonds. The first-order chi connectivity index (χ1) is 9.27. The molecule has 0 radical (unpaired) electrons. The Balaban J connectivity index is 1.87. The zero-order valence-electron chi connectivity index (χ0n) is 12.1. The van der Waals surface area contributed by atoms with E-state index in [0.29, 0.717) is 6.61 Å². The highest BCUT2D eigenvalue weighted by Gasteiger charge is 2.64. The van der Waals surface area contributed by atoms with Crippen LogP contribution in [0.15, 0.2) is 5.22 Å². The van der Waals surface area contributed by atoms with Crippen molar-refractivity contribution in [2.45, 2.75) is 63.4 Å². The summed E-state index contributed by atoms with van der Waals surface area (Å²) in [6, 6.07) is 0. The Hall–Kier alpha value is -0.800. The van der Waals surface area contributed by atoms with Crippen LogP contribution in [0.4, 0.5) is 0 Å². The fraction of sp³-hybridized carbons (Fsp3) is 1.00. The van der Waals surface area contributed by atoms with Crippen LogP contribution >= 0.6 is 0 Å². The fourth-order valence-corrected chi connectivity index (χ4v) is 3.13. The molecule has 8 nitrogen and oxygen atoms in total. The van der Waals surface area contributed by atoms with E-state index in [2.05, 4.69) is 10.6 Å². The molecule has 0 bridgehead atoms. The third kappa shape index (κ3) is 2.21. The minimum absolute atomic E-state index is 0.157. The predicted octanol–water partition coefficient (Wildman–Crippen LogP) is 0.911. The lowest BCUT2D eigenvalue weighted by Gasteiger charge is -2.41. The lowest BCUT2D eigenvalue weighted by molar-refractivity contribution is -0.277. The second-order valence-corrected chi connectivity index (χ2v) is 6.24. The standard InChI is InChI=1S/C12H20N3O5/c1-10(2)17-7-5-16-12(6-14-15-13)9(8(7)18-10)19-11(3,4)20-12/h7-9H,5-6H2,1-4H3,(H-,13,14)/q-1/t7-,8+,9+,12+/m0/s1. The number of ether oxygens (including phenoxy) is 5. The summed E-state index contributed by atoms with van der Waals surface area (Å²) in [5.41, 5.74) is 11.1. The number of nitrogens with zero attached hydrogens (tertiary/aromatic N) is 2. The van der Waals surface area contributed by atoms with E-state index < -0.39 is 23.5 Å². The fourth-order valence-electron chi connectivity index (χ4n) is 3.13. The zero-order valence-corrected chi connectivity index (χ0v) is 12.1. The molecule has 0 aromatic rings. The van der Waals surface area contributed by atoms with Crippen molar-refractivity contribution in [2.75, 3.05) is 13.2 Å². The monoisotopic (exact) mass is 286 g/mol. The third-order valence-electron chi connectivity index (χ3n) is 3.67. The van der Waals surface area contributed by atoms with Crippen molar-refractivity contribution in [3.05, 3.63) is 5.53 Å². The van der Waals surface area contributed by atoms with Gasteiger partial charge in [0.1, 0.15) is 18.3 Å². The highest BCUT2D eigenvalue weighted by atomic mass is 16.9. The molecule has 3 heterocycles. The molecule has 0 spiro atoms. The van der Waals surface area contributed by atoms with Gasteiger partial charge >= 0.3 is 0 Å². The van der Waals surface area contributed by atoms with Crippen LogP contribution in [0.1, 0.15) is 27.7 Å². The Morgan fingerprint density at radius 3 is 2.60 bits per heavy atom. The molecule has 0 aromatic heterocycles. The molecule has 114 valence electrons. The van der Waals surface area contributed by atoms with Crippen LogP contribution in [0.5, 0.6) is 0 Å². The lowest BCUT2D eigenvalue weighted by Crippen LogP contribution is -2.61. The molecule has 3 fully saturated rings. The van der Waals surface area contributed by atoms with Crippen LogP contribution in [0, 0.1) is 0 Å². The highest BCUT2D eigenvalue weighted by Crippen LogP contribution is 2.47. The molecule has 4 atom stereocenters. The van der Waals surface area contributed by atoms with Gasteiger partial charge in [-0.25, -0.2) is 0 Å². The van der Waals surface area contributed by atoms with Gasteiger partial charge in [0, 0.05) is 6.54 Å². The summed E-state index contributed by atoms with van der Waals surface area (Å²) in [7, 11) is 0. The number of hydrogen-bond acceptors (Lipinski definition) is 6.